The van der Waals surface area contributed by atoms with Gasteiger partial charge in [0.05, 0.1) is 7.11 Å². The molecule has 1 aromatic carbocycles. The van der Waals surface area contributed by atoms with Crippen molar-refractivity contribution < 1.29 is 9.53 Å². The van der Waals surface area contributed by atoms with E-state index in [-0.39, 0.29) is 5.91 Å². The number of nitrogens with one attached hydrogen (secondary N) is 1. The van der Waals surface area contributed by atoms with Gasteiger partial charge in [-0.1, -0.05) is 32.6 Å². The van der Waals surface area contributed by atoms with E-state index >= 15 is 0 Å². The number of nitrogens with two attached hydrogens (primary N) is 1. The van der Waals surface area contributed by atoms with Crippen molar-refractivity contribution in [3.05, 3.63) is 23.8 Å². The molecule has 0 aromatic heterocycles. The van der Waals surface area contributed by atoms with Crippen LogP contribution >= 0.6 is 0 Å². The molecule has 21 heavy (non-hydrogen) atoms. The van der Waals surface area contributed by atoms with Crippen LogP contribution in [-0.4, -0.2) is 19.6 Å². The molecule has 4 heteroatoms. The van der Waals surface area contributed by atoms with Crippen molar-refractivity contribution in [2.75, 3.05) is 19.4 Å². The molecule has 0 saturated heterocycles. The molecule has 1 aliphatic carbocycles. The molecular weight excluding hydrogens is 264 g/mol. The summed E-state index contributed by atoms with van der Waals surface area (Å²) in [4.78, 5) is 12.1. The summed E-state index contributed by atoms with van der Waals surface area (Å²) >= 11 is 0. The lowest BCUT2D eigenvalue weighted by atomic mass is 9.81. The highest BCUT2D eigenvalue weighted by atomic mass is 16.5. The fraction of sp³-hybridized carbons (Fsp3) is 0.588. The molecule has 116 valence electrons. The number of benzene rings is 1. The smallest absolute Gasteiger partial charge is 0.251 e. The zero-order valence-electron chi connectivity index (χ0n) is 13.0. The summed E-state index contributed by atoms with van der Waals surface area (Å²) < 4.78 is 5.14. The molecule has 1 aliphatic rings. The molecule has 0 unspecified atom stereocenters. The van der Waals surface area contributed by atoms with Crippen LogP contribution in [0, 0.1) is 11.8 Å². The monoisotopic (exact) mass is 290 g/mol. The van der Waals surface area contributed by atoms with Gasteiger partial charge in [-0.2, -0.15) is 0 Å². The average Bonchev–Trinajstić information content (AvgIpc) is 2.48. The first-order valence-corrected chi connectivity index (χ1v) is 7.81. The fourth-order valence-electron chi connectivity index (χ4n) is 2.98. The summed E-state index contributed by atoms with van der Waals surface area (Å²) in [7, 11) is 1.57. The van der Waals surface area contributed by atoms with E-state index in [1.54, 1.807) is 25.3 Å². The number of hydrogen-bond donors (Lipinski definition) is 2. The Labute approximate surface area is 127 Å². The number of carbonyl (C=O) groups is 1. The molecule has 1 fully saturated rings. The number of hydrogen-bond acceptors (Lipinski definition) is 3. The van der Waals surface area contributed by atoms with Gasteiger partial charge < -0.3 is 15.8 Å². The van der Waals surface area contributed by atoms with E-state index in [0.29, 0.717) is 17.0 Å². The minimum atomic E-state index is -0.0789. The van der Waals surface area contributed by atoms with Gasteiger partial charge in [-0.3, -0.25) is 4.79 Å². The fourth-order valence-corrected chi connectivity index (χ4v) is 2.98. The van der Waals surface area contributed by atoms with Crippen molar-refractivity contribution >= 4 is 11.6 Å². The van der Waals surface area contributed by atoms with E-state index < -0.39 is 0 Å². The zero-order chi connectivity index (χ0) is 15.2. The number of rotatable bonds is 5. The standard InChI is InChI=1S/C17H26N2O2/c1-12-3-5-13(6-4-12)7-8-19-17(20)14-9-15(18)11-16(10-14)21-2/h9-13H,3-8,18H2,1-2H3,(H,19,20). The largest absolute Gasteiger partial charge is 0.497 e. The predicted molar refractivity (Wildman–Crippen MR) is 85.5 cm³/mol. The molecule has 1 amide bonds. The van der Waals surface area contributed by atoms with Gasteiger partial charge in [0, 0.05) is 23.9 Å². The van der Waals surface area contributed by atoms with Gasteiger partial charge in [0.1, 0.15) is 5.75 Å². The van der Waals surface area contributed by atoms with Crippen LogP contribution < -0.4 is 15.8 Å². The van der Waals surface area contributed by atoms with Gasteiger partial charge >= 0.3 is 0 Å². The molecule has 0 heterocycles. The van der Waals surface area contributed by atoms with Crippen molar-refractivity contribution in [2.45, 2.75) is 39.0 Å². The highest BCUT2D eigenvalue weighted by Gasteiger charge is 2.18. The average molecular weight is 290 g/mol. The lowest BCUT2D eigenvalue weighted by molar-refractivity contribution is 0.0949. The number of amides is 1. The summed E-state index contributed by atoms with van der Waals surface area (Å²) in [6.07, 6.45) is 6.31. The molecule has 0 radical (unpaired) electrons. The second kappa shape index (κ2) is 7.34. The highest BCUT2D eigenvalue weighted by molar-refractivity contribution is 5.95. The minimum Gasteiger partial charge on any atom is -0.497 e. The minimum absolute atomic E-state index is 0.0789. The van der Waals surface area contributed by atoms with Crippen LogP contribution in [0.25, 0.3) is 0 Å². The van der Waals surface area contributed by atoms with E-state index in [1.165, 1.54) is 25.7 Å². The topological polar surface area (TPSA) is 64.3 Å². The number of methoxy groups -OCH3 is 1. The molecule has 1 aromatic rings. The third-order valence-corrected chi connectivity index (χ3v) is 4.40. The van der Waals surface area contributed by atoms with E-state index in [2.05, 4.69) is 12.2 Å². The van der Waals surface area contributed by atoms with Crippen LogP contribution in [0.5, 0.6) is 5.75 Å². The molecule has 0 spiro atoms. The van der Waals surface area contributed by atoms with Gasteiger partial charge in [-0.15, -0.1) is 0 Å². The van der Waals surface area contributed by atoms with E-state index in [1.807, 2.05) is 0 Å². The third-order valence-electron chi connectivity index (χ3n) is 4.40. The Kier molecular flexibility index (Phi) is 5.48. The van der Waals surface area contributed by atoms with Crippen molar-refractivity contribution in [1.29, 1.82) is 0 Å². The molecule has 4 nitrogen and oxygen atoms in total. The second-order valence-corrected chi connectivity index (χ2v) is 6.17. The van der Waals surface area contributed by atoms with Crippen LogP contribution in [0.3, 0.4) is 0 Å². The highest BCUT2D eigenvalue weighted by Crippen LogP contribution is 2.30. The maximum Gasteiger partial charge on any atom is 0.251 e. The zero-order valence-corrected chi connectivity index (χ0v) is 13.0. The van der Waals surface area contributed by atoms with Gasteiger partial charge in [0.2, 0.25) is 0 Å². The van der Waals surface area contributed by atoms with Crippen LogP contribution in [0.1, 0.15) is 49.4 Å². The number of nitrogen functional groups attached to an aromatic ring is 1. The van der Waals surface area contributed by atoms with E-state index in [9.17, 15) is 4.79 Å². The van der Waals surface area contributed by atoms with Crippen LogP contribution in [-0.2, 0) is 0 Å². The van der Waals surface area contributed by atoms with Gasteiger partial charge in [0.25, 0.3) is 5.91 Å². The van der Waals surface area contributed by atoms with Gasteiger partial charge in [-0.05, 0) is 30.4 Å². The molecule has 0 aliphatic heterocycles. The Hall–Kier alpha value is -1.71. The van der Waals surface area contributed by atoms with Crippen molar-refractivity contribution in [2.24, 2.45) is 11.8 Å². The lowest BCUT2D eigenvalue weighted by Crippen LogP contribution is -2.27. The second-order valence-electron chi connectivity index (χ2n) is 6.17. The maximum atomic E-state index is 12.1. The van der Waals surface area contributed by atoms with Crippen LogP contribution in [0.4, 0.5) is 5.69 Å². The van der Waals surface area contributed by atoms with Crippen molar-refractivity contribution in [1.82, 2.24) is 5.32 Å². The van der Waals surface area contributed by atoms with Gasteiger partial charge in [0.15, 0.2) is 0 Å². The third kappa shape index (κ3) is 4.66. The van der Waals surface area contributed by atoms with Crippen molar-refractivity contribution in [3.8, 4) is 5.75 Å². The molecular formula is C17H26N2O2. The first-order chi connectivity index (χ1) is 10.1. The van der Waals surface area contributed by atoms with Gasteiger partial charge in [-0.25, -0.2) is 0 Å². The number of carbonyl (C=O) groups excluding carboxylic acids is 1. The van der Waals surface area contributed by atoms with E-state index in [0.717, 1.165) is 24.8 Å². The van der Waals surface area contributed by atoms with Crippen LogP contribution in [0.2, 0.25) is 0 Å². The van der Waals surface area contributed by atoms with Crippen LogP contribution in [0.15, 0.2) is 18.2 Å². The quantitative estimate of drug-likeness (QED) is 0.818. The molecule has 1 saturated carbocycles. The Morgan fingerprint density at radius 1 is 1.29 bits per heavy atom. The first-order valence-electron chi connectivity index (χ1n) is 7.81. The summed E-state index contributed by atoms with van der Waals surface area (Å²) in [6.45, 7) is 3.06. The lowest BCUT2D eigenvalue weighted by Gasteiger charge is -2.26. The summed E-state index contributed by atoms with van der Waals surface area (Å²) in [5.41, 5.74) is 6.87. The van der Waals surface area contributed by atoms with E-state index in [4.69, 9.17) is 10.5 Å². The Balaban J connectivity index is 1.80. The normalized spacial score (nSPS) is 21.8. The Morgan fingerprint density at radius 3 is 2.67 bits per heavy atom. The SMILES string of the molecule is COc1cc(N)cc(C(=O)NCCC2CCC(C)CC2)c1. The first kappa shape index (κ1) is 15.7. The molecule has 2 rings (SSSR count). The summed E-state index contributed by atoms with van der Waals surface area (Å²) in [6, 6.07) is 5.11. The maximum absolute atomic E-state index is 12.1. The number of anilines is 1. The van der Waals surface area contributed by atoms with Crippen molar-refractivity contribution in [3.63, 3.8) is 0 Å². The summed E-state index contributed by atoms with van der Waals surface area (Å²) in [5, 5.41) is 2.99. The predicted octanol–water partition coefficient (Wildman–Crippen LogP) is 3.22. The number of ether oxygens (including phenoxy) is 1. The Bertz CT molecular complexity index is 480. The summed E-state index contributed by atoms with van der Waals surface area (Å²) in [5.74, 6) is 2.17. The molecule has 0 atom stereocenters. The molecule has 0 bridgehead atoms. The molecule has 3 N–H and O–H groups in total. The Morgan fingerprint density at radius 2 is 2.00 bits per heavy atom.